The van der Waals surface area contributed by atoms with Gasteiger partial charge in [-0.2, -0.15) is 0 Å². The van der Waals surface area contributed by atoms with Crippen LogP contribution in [-0.4, -0.2) is 28.3 Å². The molecule has 0 aliphatic carbocycles. The number of hydrogen-bond donors (Lipinski definition) is 2. The van der Waals surface area contributed by atoms with Crippen LogP contribution in [0.15, 0.2) is 0 Å². The Morgan fingerprint density at radius 3 is 2.78 bits per heavy atom. The summed E-state index contributed by atoms with van der Waals surface area (Å²) in [6.07, 6.45) is 1.58. The molecule has 0 saturated carbocycles. The van der Waals surface area contributed by atoms with E-state index in [2.05, 4.69) is 5.32 Å². The Labute approximate surface area is 65.0 Å². The Hall–Kier alpha value is 0.200. The van der Waals surface area contributed by atoms with Crippen LogP contribution in [0.4, 0.5) is 0 Å². The van der Waals surface area contributed by atoms with Crippen LogP contribution in [0.25, 0.3) is 0 Å². The maximum atomic E-state index is 8.77. The molecule has 0 radical (unpaired) electrons. The van der Waals surface area contributed by atoms with Crippen LogP contribution in [0.1, 0.15) is 6.92 Å². The van der Waals surface area contributed by atoms with Crippen LogP contribution in [0.3, 0.4) is 0 Å². The van der Waals surface area contributed by atoms with Gasteiger partial charge in [-0.15, -0.1) is 11.8 Å². The summed E-state index contributed by atoms with van der Waals surface area (Å²) in [7, 11) is 0. The average Bonchev–Trinajstić information content (AvgIpc) is 1.83. The van der Waals surface area contributed by atoms with Crippen molar-refractivity contribution in [3.63, 3.8) is 0 Å². The van der Waals surface area contributed by atoms with Gasteiger partial charge >= 0.3 is 0 Å². The van der Waals surface area contributed by atoms with E-state index in [1.807, 2.05) is 6.26 Å². The van der Waals surface area contributed by atoms with E-state index in [0.29, 0.717) is 6.54 Å². The van der Waals surface area contributed by atoms with E-state index in [4.69, 9.17) is 17.3 Å². The number of thioether (sulfide) groups is 1. The van der Waals surface area contributed by atoms with Crippen molar-refractivity contribution in [2.45, 2.75) is 13.0 Å². The summed E-state index contributed by atoms with van der Waals surface area (Å²) in [5, 5.41) is 11.6. The van der Waals surface area contributed by atoms with E-state index in [0.717, 1.165) is 4.32 Å². The highest BCUT2D eigenvalue weighted by atomic mass is 32.2. The normalized spacial score (nSPS) is 12.8. The van der Waals surface area contributed by atoms with E-state index in [-0.39, 0.29) is 6.10 Å². The molecule has 0 heterocycles. The number of aliphatic hydroxyl groups excluding tert-OH is 1. The second kappa shape index (κ2) is 5.02. The molecule has 0 saturated heterocycles. The second-order valence-corrected chi connectivity index (χ2v) is 3.20. The second-order valence-electron chi connectivity index (χ2n) is 1.72. The van der Waals surface area contributed by atoms with Crippen molar-refractivity contribution in [1.29, 1.82) is 0 Å². The Morgan fingerprint density at radius 1 is 1.89 bits per heavy atom. The largest absolute Gasteiger partial charge is 0.392 e. The average molecular weight is 165 g/mol. The smallest absolute Gasteiger partial charge is 0.133 e. The standard InChI is InChI=1S/C5H11NOS2/c1-4(7)3-6-5(8)9-2/h4,7H,3H2,1-2H3,(H,6,8)/t4-/m0/s1. The van der Waals surface area contributed by atoms with Crippen molar-refractivity contribution < 1.29 is 5.11 Å². The van der Waals surface area contributed by atoms with Gasteiger partial charge in [0.15, 0.2) is 0 Å². The molecular formula is C5H11NOS2. The molecule has 54 valence electrons. The maximum Gasteiger partial charge on any atom is 0.133 e. The van der Waals surface area contributed by atoms with Crippen LogP contribution in [0.5, 0.6) is 0 Å². The quantitative estimate of drug-likeness (QED) is 0.587. The van der Waals surface area contributed by atoms with Crippen LogP contribution in [0, 0.1) is 0 Å². The van der Waals surface area contributed by atoms with Crippen LogP contribution in [0.2, 0.25) is 0 Å². The minimum atomic E-state index is -0.324. The minimum Gasteiger partial charge on any atom is -0.392 e. The van der Waals surface area contributed by atoms with Crippen molar-refractivity contribution in [2.24, 2.45) is 0 Å². The molecule has 4 heteroatoms. The first kappa shape index (κ1) is 9.20. The van der Waals surface area contributed by atoms with E-state index in [1.54, 1.807) is 6.92 Å². The molecule has 0 aliphatic rings. The summed E-state index contributed by atoms with van der Waals surface area (Å²) in [4.78, 5) is 0. The van der Waals surface area contributed by atoms with Crippen molar-refractivity contribution in [2.75, 3.05) is 12.8 Å². The highest BCUT2D eigenvalue weighted by Gasteiger charge is 1.95. The first-order valence-corrected chi connectivity index (χ1v) is 4.30. The van der Waals surface area contributed by atoms with Gasteiger partial charge in [0.1, 0.15) is 4.32 Å². The minimum absolute atomic E-state index is 0.324. The van der Waals surface area contributed by atoms with Gasteiger partial charge in [-0.1, -0.05) is 12.2 Å². The van der Waals surface area contributed by atoms with Crippen molar-refractivity contribution >= 4 is 28.3 Å². The fraction of sp³-hybridized carbons (Fsp3) is 0.800. The fourth-order valence-corrected chi connectivity index (χ4v) is 0.614. The van der Waals surface area contributed by atoms with Gasteiger partial charge in [0.05, 0.1) is 6.10 Å². The molecule has 0 aromatic carbocycles. The first-order valence-electron chi connectivity index (χ1n) is 2.66. The topological polar surface area (TPSA) is 32.3 Å². The SMILES string of the molecule is CSC(=S)NC[C@H](C)O. The van der Waals surface area contributed by atoms with Gasteiger partial charge < -0.3 is 10.4 Å². The molecule has 2 nitrogen and oxygen atoms in total. The van der Waals surface area contributed by atoms with Crippen LogP contribution < -0.4 is 5.32 Å². The number of thiocarbonyl (C=S) groups is 1. The van der Waals surface area contributed by atoms with Crippen LogP contribution in [-0.2, 0) is 0 Å². The maximum absolute atomic E-state index is 8.77. The molecule has 0 fully saturated rings. The highest BCUT2D eigenvalue weighted by Crippen LogP contribution is 1.92. The van der Waals surface area contributed by atoms with Gasteiger partial charge in [0, 0.05) is 6.54 Å². The Bertz CT molecular complexity index is 95.0. The third-order valence-corrected chi connectivity index (χ3v) is 1.89. The molecule has 2 N–H and O–H groups in total. The van der Waals surface area contributed by atoms with Crippen molar-refractivity contribution in [3.8, 4) is 0 Å². The molecular weight excluding hydrogens is 154 g/mol. The van der Waals surface area contributed by atoms with Crippen LogP contribution >= 0.6 is 24.0 Å². The molecule has 0 aromatic heterocycles. The third-order valence-electron chi connectivity index (χ3n) is 0.727. The highest BCUT2D eigenvalue weighted by molar-refractivity contribution is 8.22. The van der Waals surface area contributed by atoms with Gasteiger partial charge in [-0.3, -0.25) is 0 Å². The summed E-state index contributed by atoms with van der Waals surface area (Å²) in [6, 6.07) is 0. The molecule has 9 heavy (non-hydrogen) atoms. The third kappa shape index (κ3) is 6.08. The summed E-state index contributed by atoms with van der Waals surface area (Å²) in [5.41, 5.74) is 0. The zero-order valence-electron chi connectivity index (χ0n) is 5.55. The summed E-state index contributed by atoms with van der Waals surface area (Å²) in [5.74, 6) is 0. The van der Waals surface area contributed by atoms with E-state index < -0.39 is 0 Å². The number of hydrogen-bond acceptors (Lipinski definition) is 3. The molecule has 0 aliphatic heterocycles. The zero-order chi connectivity index (χ0) is 7.28. The van der Waals surface area contributed by atoms with Crippen molar-refractivity contribution in [1.82, 2.24) is 5.32 Å². The first-order chi connectivity index (χ1) is 4.16. The molecule has 0 rings (SSSR count). The summed E-state index contributed by atoms with van der Waals surface area (Å²) < 4.78 is 0.732. The van der Waals surface area contributed by atoms with Gasteiger partial charge in [-0.25, -0.2) is 0 Å². The molecule has 0 spiro atoms. The number of aliphatic hydroxyl groups is 1. The molecule has 0 unspecified atom stereocenters. The Morgan fingerprint density at radius 2 is 2.44 bits per heavy atom. The van der Waals surface area contributed by atoms with E-state index in [1.165, 1.54) is 11.8 Å². The number of nitrogens with one attached hydrogen (secondary N) is 1. The van der Waals surface area contributed by atoms with Gasteiger partial charge in [-0.05, 0) is 13.2 Å². The lowest BCUT2D eigenvalue weighted by Gasteiger charge is -2.05. The van der Waals surface area contributed by atoms with E-state index >= 15 is 0 Å². The predicted octanol–water partition coefficient (Wildman–Crippen LogP) is 0.605. The Balaban J connectivity index is 3.17. The lowest BCUT2D eigenvalue weighted by molar-refractivity contribution is 0.198. The lowest BCUT2D eigenvalue weighted by atomic mass is 10.4. The van der Waals surface area contributed by atoms with Crippen molar-refractivity contribution in [3.05, 3.63) is 0 Å². The number of rotatable bonds is 2. The summed E-state index contributed by atoms with van der Waals surface area (Å²) >= 11 is 6.29. The molecule has 0 aromatic rings. The monoisotopic (exact) mass is 165 g/mol. The Kier molecular flexibility index (Phi) is 5.13. The van der Waals surface area contributed by atoms with Gasteiger partial charge in [0.2, 0.25) is 0 Å². The predicted molar refractivity (Wildman–Crippen MR) is 45.8 cm³/mol. The molecule has 1 atom stereocenters. The zero-order valence-corrected chi connectivity index (χ0v) is 7.18. The molecule has 0 amide bonds. The molecule has 0 bridgehead atoms. The van der Waals surface area contributed by atoms with Gasteiger partial charge in [0.25, 0.3) is 0 Å². The fourth-order valence-electron chi connectivity index (χ4n) is 0.303. The lowest BCUT2D eigenvalue weighted by Crippen LogP contribution is -2.26. The van der Waals surface area contributed by atoms with E-state index in [9.17, 15) is 0 Å². The summed E-state index contributed by atoms with van der Waals surface area (Å²) in [6.45, 7) is 2.26.